The lowest BCUT2D eigenvalue weighted by molar-refractivity contribution is -0.153. The largest absolute Gasteiger partial charge is 0.480 e. The zero-order valence-corrected chi connectivity index (χ0v) is 19.4. The predicted octanol–water partition coefficient (Wildman–Crippen LogP) is 2.60. The van der Waals surface area contributed by atoms with Crippen molar-refractivity contribution in [3.63, 3.8) is 0 Å². The summed E-state index contributed by atoms with van der Waals surface area (Å²) in [5.74, 6) is -1.90. The molecule has 1 heterocycles. The Balaban J connectivity index is 1.54. The number of aliphatic carboxylic acids is 1. The van der Waals surface area contributed by atoms with E-state index < -0.39 is 30.6 Å². The standard InChI is InChI=1S/C26H24N4O6/c1-29-20-12-11-18(24(33)30(14-22(31)32)19-5-3-2-4-6-19)13-21(20)36-26(25(29)34)35-15-16-7-9-17(10-8-16)23(27)28/h2-13,26H,14-15H2,1H3,(H3,27,28)(H,31,32). The molecule has 2 amide bonds. The number of benzene rings is 3. The number of carboxylic acid groups (broad SMARTS) is 1. The molecule has 1 aliphatic rings. The second-order valence-corrected chi connectivity index (χ2v) is 8.07. The number of hydrogen-bond donors (Lipinski definition) is 3. The van der Waals surface area contributed by atoms with Gasteiger partial charge in [-0.3, -0.25) is 24.7 Å². The molecular weight excluding hydrogens is 464 g/mol. The van der Waals surface area contributed by atoms with Crippen LogP contribution in [0.25, 0.3) is 0 Å². The number of ether oxygens (including phenoxy) is 2. The van der Waals surface area contributed by atoms with E-state index in [1.807, 2.05) is 0 Å². The van der Waals surface area contributed by atoms with Crippen molar-refractivity contribution < 1.29 is 29.0 Å². The van der Waals surface area contributed by atoms with E-state index in [1.54, 1.807) is 67.7 Å². The van der Waals surface area contributed by atoms with Gasteiger partial charge in [0.15, 0.2) is 0 Å². The number of carbonyl (C=O) groups excluding carboxylic acids is 2. The first-order chi connectivity index (χ1) is 17.2. The van der Waals surface area contributed by atoms with Gasteiger partial charge in [-0.25, -0.2) is 0 Å². The summed E-state index contributed by atoms with van der Waals surface area (Å²) in [6, 6.07) is 19.9. The topological polar surface area (TPSA) is 146 Å². The van der Waals surface area contributed by atoms with Crippen molar-refractivity contribution in [1.82, 2.24) is 0 Å². The maximum atomic E-state index is 13.3. The predicted molar refractivity (Wildman–Crippen MR) is 132 cm³/mol. The van der Waals surface area contributed by atoms with Gasteiger partial charge in [0.2, 0.25) is 0 Å². The Morgan fingerprint density at radius 3 is 2.39 bits per heavy atom. The number of nitrogens with zero attached hydrogens (tertiary/aromatic N) is 2. The summed E-state index contributed by atoms with van der Waals surface area (Å²) in [5.41, 5.74) is 7.87. The van der Waals surface area contributed by atoms with Crippen molar-refractivity contribution in [2.45, 2.75) is 12.9 Å². The second kappa shape index (κ2) is 10.3. The third-order valence-corrected chi connectivity index (χ3v) is 5.61. The Labute approximate surface area is 207 Å². The minimum absolute atomic E-state index is 0.0500. The third kappa shape index (κ3) is 5.18. The van der Waals surface area contributed by atoms with Crippen molar-refractivity contribution in [3.05, 3.63) is 89.5 Å². The highest BCUT2D eigenvalue weighted by Gasteiger charge is 2.34. The molecule has 0 aliphatic carbocycles. The zero-order chi connectivity index (χ0) is 25.8. The number of rotatable bonds is 8. The van der Waals surface area contributed by atoms with Gasteiger partial charge in [-0.15, -0.1) is 0 Å². The Morgan fingerprint density at radius 2 is 1.75 bits per heavy atom. The van der Waals surface area contributed by atoms with E-state index in [1.165, 1.54) is 17.0 Å². The van der Waals surface area contributed by atoms with Gasteiger partial charge in [0, 0.05) is 23.9 Å². The van der Waals surface area contributed by atoms with Crippen molar-refractivity contribution in [3.8, 4) is 5.75 Å². The van der Waals surface area contributed by atoms with Gasteiger partial charge in [-0.2, -0.15) is 0 Å². The molecule has 0 saturated carbocycles. The summed E-state index contributed by atoms with van der Waals surface area (Å²) in [4.78, 5) is 40.0. The Bertz CT molecular complexity index is 1310. The summed E-state index contributed by atoms with van der Waals surface area (Å²) in [5, 5.41) is 16.8. The van der Waals surface area contributed by atoms with Gasteiger partial charge in [0.05, 0.1) is 12.3 Å². The van der Waals surface area contributed by atoms with Crippen LogP contribution in [0.3, 0.4) is 0 Å². The second-order valence-electron chi connectivity index (χ2n) is 8.07. The van der Waals surface area contributed by atoms with Crippen LogP contribution in [0.1, 0.15) is 21.5 Å². The number of likely N-dealkylation sites (N-methyl/N-ethyl adjacent to an activating group) is 1. The molecule has 10 nitrogen and oxygen atoms in total. The van der Waals surface area contributed by atoms with Gasteiger partial charge >= 0.3 is 5.97 Å². The molecule has 0 aromatic heterocycles. The molecule has 0 spiro atoms. The van der Waals surface area contributed by atoms with Crippen LogP contribution >= 0.6 is 0 Å². The monoisotopic (exact) mass is 488 g/mol. The van der Waals surface area contributed by atoms with Crippen LogP contribution in [0.5, 0.6) is 5.75 Å². The lowest BCUT2D eigenvalue weighted by Crippen LogP contribution is -2.45. The number of amidine groups is 1. The maximum Gasteiger partial charge on any atom is 0.323 e. The fourth-order valence-electron chi connectivity index (χ4n) is 3.70. The number of nitrogens with two attached hydrogens (primary N) is 1. The quantitative estimate of drug-likeness (QED) is 0.326. The van der Waals surface area contributed by atoms with E-state index in [9.17, 15) is 19.5 Å². The number of carboxylic acids is 1. The van der Waals surface area contributed by atoms with Crippen LogP contribution in [0.2, 0.25) is 0 Å². The van der Waals surface area contributed by atoms with Crippen molar-refractivity contribution in [2.75, 3.05) is 23.4 Å². The van der Waals surface area contributed by atoms with E-state index in [2.05, 4.69) is 0 Å². The van der Waals surface area contributed by atoms with Crippen LogP contribution < -0.4 is 20.3 Å². The molecule has 4 N–H and O–H groups in total. The molecule has 184 valence electrons. The average Bonchev–Trinajstić information content (AvgIpc) is 2.88. The molecular formula is C26H24N4O6. The number of nitrogens with one attached hydrogen (secondary N) is 1. The van der Waals surface area contributed by atoms with Crippen LogP contribution in [0.15, 0.2) is 72.8 Å². The normalized spacial score (nSPS) is 14.5. The molecule has 1 unspecified atom stereocenters. The number of anilines is 2. The van der Waals surface area contributed by atoms with Crippen LogP contribution in [0, 0.1) is 5.41 Å². The first kappa shape index (κ1) is 24.4. The number of carbonyl (C=O) groups is 3. The molecule has 0 bridgehead atoms. The van der Waals surface area contributed by atoms with Crippen molar-refractivity contribution in [2.24, 2.45) is 5.73 Å². The van der Waals surface area contributed by atoms with E-state index in [0.717, 1.165) is 10.5 Å². The molecule has 10 heteroatoms. The van der Waals surface area contributed by atoms with E-state index in [0.29, 0.717) is 16.9 Å². The Morgan fingerprint density at radius 1 is 1.08 bits per heavy atom. The van der Waals surface area contributed by atoms with Gasteiger partial charge in [-0.05, 0) is 35.9 Å². The number of nitrogen functional groups attached to an aromatic ring is 1. The highest BCUT2D eigenvalue weighted by molar-refractivity contribution is 6.09. The Kier molecular flexibility index (Phi) is 6.98. The molecule has 36 heavy (non-hydrogen) atoms. The molecule has 0 radical (unpaired) electrons. The minimum atomic E-state index is -1.25. The number of amides is 2. The lowest BCUT2D eigenvalue weighted by Gasteiger charge is -2.32. The summed E-state index contributed by atoms with van der Waals surface area (Å²) in [6.07, 6.45) is -1.25. The minimum Gasteiger partial charge on any atom is -0.480 e. The molecule has 4 rings (SSSR count). The number of fused-ring (bicyclic) bond motifs is 1. The summed E-state index contributed by atoms with van der Waals surface area (Å²) < 4.78 is 11.5. The number of para-hydroxylation sites is 1. The highest BCUT2D eigenvalue weighted by Crippen LogP contribution is 2.35. The summed E-state index contributed by atoms with van der Waals surface area (Å²) >= 11 is 0. The zero-order valence-electron chi connectivity index (χ0n) is 19.4. The molecule has 1 atom stereocenters. The molecule has 3 aromatic rings. The van der Waals surface area contributed by atoms with Crippen LogP contribution in [-0.2, 0) is 20.9 Å². The van der Waals surface area contributed by atoms with Crippen LogP contribution in [-0.4, -0.2) is 48.6 Å². The van der Waals surface area contributed by atoms with E-state index in [-0.39, 0.29) is 23.8 Å². The molecule has 0 saturated heterocycles. The molecule has 1 aliphatic heterocycles. The van der Waals surface area contributed by atoms with Gasteiger partial charge in [-0.1, -0.05) is 42.5 Å². The highest BCUT2D eigenvalue weighted by atomic mass is 16.7. The van der Waals surface area contributed by atoms with Gasteiger partial charge in [0.1, 0.15) is 18.1 Å². The van der Waals surface area contributed by atoms with Crippen molar-refractivity contribution in [1.29, 1.82) is 5.41 Å². The smallest absolute Gasteiger partial charge is 0.323 e. The first-order valence-electron chi connectivity index (χ1n) is 11.0. The summed E-state index contributed by atoms with van der Waals surface area (Å²) in [7, 11) is 1.57. The van der Waals surface area contributed by atoms with Gasteiger partial charge in [0.25, 0.3) is 18.1 Å². The number of hydrogen-bond acceptors (Lipinski definition) is 6. The van der Waals surface area contributed by atoms with Crippen LogP contribution in [0.4, 0.5) is 11.4 Å². The van der Waals surface area contributed by atoms with E-state index >= 15 is 0 Å². The molecule has 3 aromatic carbocycles. The molecule has 0 fully saturated rings. The van der Waals surface area contributed by atoms with Crippen molar-refractivity contribution >= 4 is 35.0 Å². The maximum absolute atomic E-state index is 13.3. The van der Waals surface area contributed by atoms with E-state index in [4.69, 9.17) is 20.6 Å². The fourth-order valence-corrected chi connectivity index (χ4v) is 3.70. The SMILES string of the molecule is CN1C(=O)C(OCc2ccc(C(=N)N)cc2)Oc2cc(C(=O)N(CC(=O)O)c3ccccc3)ccc21. The average molecular weight is 489 g/mol. The third-order valence-electron chi connectivity index (χ3n) is 5.61. The van der Waals surface area contributed by atoms with Gasteiger partial charge < -0.3 is 25.2 Å². The first-order valence-corrected chi connectivity index (χ1v) is 11.0. The lowest BCUT2D eigenvalue weighted by atomic mass is 10.1. The Hall–Kier alpha value is -4.70. The summed E-state index contributed by atoms with van der Waals surface area (Å²) in [6.45, 7) is -0.454. The fraction of sp³-hybridized carbons (Fsp3) is 0.154.